The molecule has 162 valence electrons. The fourth-order valence-corrected chi connectivity index (χ4v) is 3.14. The number of hydrogen-bond acceptors (Lipinski definition) is 5. The van der Waals surface area contributed by atoms with Crippen LogP contribution in [0.5, 0.6) is 11.5 Å². The van der Waals surface area contributed by atoms with E-state index in [0.717, 1.165) is 11.1 Å². The first-order chi connectivity index (χ1) is 15.6. The molecule has 0 bridgehead atoms. The van der Waals surface area contributed by atoms with Crippen molar-refractivity contribution in [1.82, 2.24) is 20.1 Å². The van der Waals surface area contributed by atoms with Crippen LogP contribution in [0.4, 0.5) is 0 Å². The lowest BCUT2D eigenvalue weighted by Gasteiger charge is -2.13. The molecule has 0 aliphatic heterocycles. The van der Waals surface area contributed by atoms with Gasteiger partial charge in [-0.2, -0.15) is 5.10 Å². The molecule has 0 atom stereocenters. The molecule has 1 amide bonds. The minimum absolute atomic E-state index is 0.219. The van der Waals surface area contributed by atoms with Crippen molar-refractivity contribution < 1.29 is 14.3 Å². The van der Waals surface area contributed by atoms with Crippen molar-refractivity contribution in [1.29, 1.82) is 0 Å². The first kappa shape index (κ1) is 21.4. The average molecular weight is 449 g/mol. The Morgan fingerprint density at radius 1 is 1.06 bits per heavy atom. The number of carbonyl (C=O) groups excluding carboxylic acids is 1. The van der Waals surface area contributed by atoms with Crippen LogP contribution >= 0.6 is 11.6 Å². The largest absolute Gasteiger partial charge is 0.493 e. The van der Waals surface area contributed by atoms with Gasteiger partial charge in [-0.15, -0.1) is 0 Å². The molecular weight excluding hydrogens is 428 g/mol. The predicted molar refractivity (Wildman–Crippen MR) is 121 cm³/mol. The molecule has 4 aromatic rings. The second-order valence-corrected chi connectivity index (χ2v) is 7.38. The zero-order valence-corrected chi connectivity index (χ0v) is 18.1. The summed E-state index contributed by atoms with van der Waals surface area (Å²) in [6, 6.07) is 18.1. The van der Waals surface area contributed by atoms with Crippen LogP contribution in [0.3, 0.4) is 0 Å². The van der Waals surface area contributed by atoms with E-state index in [9.17, 15) is 4.79 Å². The topological polar surface area (TPSA) is 78.3 Å². The first-order valence-electron chi connectivity index (χ1n) is 9.91. The third-order valence-electron chi connectivity index (χ3n) is 4.73. The van der Waals surface area contributed by atoms with Crippen LogP contribution in [-0.2, 0) is 13.2 Å². The van der Waals surface area contributed by atoms with E-state index < -0.39 is 0 Å². The average Bonchev–Trinajstić information content (AvgIpc) is 3.37. The molecule has 0 radical (unpaired) electrons. The fraction of sp³-hybridized carbons (Fsp3) is 0.125. The highest BCUT2D eigenvalue weighted by Gasteiger charge is 2.12. The van der Waals surface area contributed by atoms with Crippen LogP contribution in [0.1, 0.15) is 21.5 Å². The number of aromatic nitrogens is 3. The molecule has 8 heteroatoms. The Labute approximate surface area is 190 Å². The van der Waals surface area contributed by atoms with Crippen molar-refractivity contribution in [3.05, 3.63) is 101 Å². The maximum Gasteiger partial charge on any atom is 0.251 e. The van der Waals surface area contributed by atoms with Crippen molar-refractivity contribution >= 4 is 17.5 Å². The van der Waals surface area contributed by atoms with Crippen molar-refractivity contribution in [3.8, 4) is 17.3 Å². The Morgan fingerprint density at radius 3 is 2.56 bits per heavy atom. The van der Waals surface area contributed by atoms with Crippen molar-refractivity contribution in [2.75, 3.05) is 7.11 Å². The maximum atomic E-state index is 12.6. The number of halogens is 1. The molecule has 0 saturated heterocycles. The van der Waals surface area contributed by atoms with Gasteiger partial charge in [0.15, 0.2) is 17.3 Å². The summed E-state index contributed by atoms with van der Waals surface area (Å²) < 4.78 is 12.9. The Morgan fingerprint density at radius 2 is 1.88 bits per heavy atom. The second-order valence-electron chi connectivity index (χ2n) is 6.94. The van der Waals surface area contributed by atoms with Gasteiger partial charge in [0.1, 0.15) is 6.61 Å². The number of rotatable bonds is 8. The van der Waals surface area contributed by atoms with Gasteiger partial charge in [0.05, 0.1) is 7.11 Å². The number of ether oxygens (including phenoxy) is 2. The van der Waals surface area contributed by atoms with E-state index in [1.54, 1.807) is 42.4 Å². The van der Waals surface area contributed by atoms with Gasteiger partial charge in [-0.1, -0.05) is 29.8 Å². The van der Waals surface area contributed by atoms with Crippen molar-refractivity contribution in [2.24, 2.45) is 0 Å². The molecule has 1 N–H and O–H groups in total. The molecule has 0 spiro atoms. The highest BCUT2D eigenvalue weighted by atomic mass is 35.5. The quantitative estimate of drug-likeness (QED) is 0.431. The summed E-state index contributed by atoms with van der Waals surface area (Å²) in [5.74, 6) is 1.53. The number of nitrogens with one attached hydrogen (secondary N) is 1. The minimum Gasteiger partial charge on any atom is -0.493 e. The number of methoxy groups -OCH3 is 1. The summed E-state index contributed by atoms with van der Waals surface area (Å²) in [7, 11) is 1.54. The molecule has 32 heavy (non-hydrogen) atoms. The van der Waals surface area contributed by atoms with E-state index in [1.807, 2.05) is 48.7 Å². The van der Waals surface area contributed by atoms with Gasteiger partial charge in [-0.05, 0) is 53.6 Å². The van der Waals surface area contributed by atoms with Crippen LogP contribution in [0.25, 0.3) is 5.82 Å². The molecule has 2 heterocycles. The molecule has 2 aromatic heterocycles. The standard InChI is InChI=1S/C24H21ClN4O3/c1-31-22-13-19(6-9-21(22)32-16-17-3-7-20(25)8-4-17)24(30)27-15-18-5-10-23(26-14-18)29-12-2-11-28-29/h2-14H,15-16H2,1H3,(H,27,30). The summed E-state index contributed by atoms with van der Waals surface area (Å²) in [5, 5.41) is 7.71. The van der Waals surface area contributed by atoms with E-state index >= 15 is 0 Å². The Bertz CT molecular complexity index is 1180. The first-order valence-corrected chi connectivity index (χ1v) is 10.3. The highest BCUT2D eigenvalue weighted by molar-refractivity contribution is 6.30. The van der Waals surface area contributed by atoms with E-state index in [4.69, 9.17) is 21.1 Å². The van der Waals surface area contributed by atoms with Crippen LogP contribution in [-0.4, -0.2) is 27.8 Å². The van der Waals surface area contributed by atoms with Gasteiger partial charge in [-0.3, -0.25) is 4.79 Å². The SMILES string of the molecule is COc1cc(C(=O)NCc2ccc(-n3cccn3)nc2)ccc1OCc1ccc(Cl)cc1. The van der Waals surface area contributed by atoms with E-state index in [2.05, 4.69) is 15.4 Å². The van der Waals surface area contributed by atoms with Gasteiger partial charge >= 0.3 is 0 Å². The van der Waals surface area contributed by atoms with Gasteiger partial charge in [0, 0.05) is 35.7 Å². The highest BCUT2D eigenvalue weighted by Crippen LogP contribution is 2.29. The maximum absolute atomic E-state index is 12.6. The smallest absolute Gasteiger partial charge is 0.251 e. The lowest BCUT2D eigenvalue weighted by Crippen LogP contribution is -2.23. The predicted octanol–water partition coefficient (Wildman–Crippen LogP) is 4.44. The van der Waals surface area contributed by atoms with Crippen LogP contribution in [0.2, 0.25) is 5.02 Å². The van der Waals surface area contributed by atoms with Crippen molar-refractivity contribution in [3.63, 3.8) is 0 Å². The third kappa shape index (κ3) is 5.25. The summed E-state index contributed by atoms with van der Waals surface area (Å²) >= 11 is 5.91. The van der Waals surface area contributed by atoms with E-state index in [1.165, 1.54) is 0 Å². The number of pyridine rings is 1. The summed E-state index contributed by atoms with van der Waals surface area (Å²) in [6.07, 6.45) is 5.23. The number of carbonyl (C=O) groups is 1. The number of amides is 1. The van der Waals surface area contributed by atoms with Crippen LogP contribution < -0.4 is 14.8 Å². The summed E-state index contributed by atoms with van der Waals surface area (Å²) in [4.78, 5) is 17.0. The molecule has 0 aliphatic carbocycles. The van der Waals surface area contributed by atoms with Crippen molar-refractivity contribution in [2.45, 2.75) is 13.2 Å². The molecule has 0 fully saturated rings. The van der Waals surface area contributed by atoms with E-state index in [-0.39, 0.29) is 5.91 Å². The fourth-order valence-electron chi connectivity index (χ4n) is 3.02. The lowest BCUT2D eigenvalue weighted by molar-refractivity contribution is 0.0950. The summed E-state index contributed by atoms with van der Waals surface area (Å²) in [5.41, 5.74) is 2.33. The Balaban J connectivity index is 1.36. The third-order valence-corrected chi connectivity index (χ3v) is 4.99. The van der Waals surface area contributed by atoms with Gasteiger partial charge in [0.25, 0.3) is 5.91 Å². The number of hydrogen-bond donors (Lipinski definition) is 1. The van der Waals surface area contributed by atoms with Crippen LogP contribution in [0, 0.1) is 0 Å². The Kier molecular flexibility index (Phi) is 6.67. The van der Waals surface area contributed by atoms with Gasteiger partial charge < -0.3 is 14.8 Å². The van der Waals surface area contributed by atoms with E-state index in [0.29, 0.717) is 41.1 Å². The molecule has 4 rings (SSSR count). The summed E-state index contributed by atoms with van der Waals surface area (Å²) in [6.45, 7) is 0.711. The molecule has 0 aliphatic rings. The van der Waals surface area contributed by atoms with Crippen LogP contribution in [0.15, 0.2) is 79.3 Å². The normalized spacial score (nSPS) is 10.6. The number of nitrogens with zero attached hydrogens (tertiary/aromatic N) is 3. The molecule has 7 nitrogen and oxygen atoms in total. The second kappa shape index (κ2) is 9.98. The van der Waals surface area contributed by atoms with Gasteiger partial charge in [-0.25, -0.2) is 9.67 Å². The zero-order chi connectivity index (χ0) is 22.3. The zero-order valence-electron chi connectivity index (χ0n) is 17.4. The molecule has 0 unspecified atom stereocenters. The molecular formula is C24H21ClN4O3. The Hall–Kier alpha value is -3.84. The van der Waals surface area contributed by atoms with Gasteiger partial charge in [0.2, 0.25) is 0 Å². The monoisotopic (exact) mass is 448 g/mol. The number of benzene rings is 2. The molecule has 0 saturated carbocycles. The molecule has 2 aromatic carbocycles. The lowest BCUT2D eigenvalue weighted by atomic mass is 10.1. The minimum atomic E-state index is -0.219.